The number of rotatable bonds is 5. The van der Waals surface area contributed by atoms with Crippen LogP contribution in [0.25, 0.3) is 0 Å². The second-order valence-electron chi connectivity index (χ2n) is 3.57. The Bertz CT molecular complexity index is 488. The highest BCUT2D eigenvalue weighted by Gasteiger charge is 2.12. The predicted octanol–water partition coefficient (Wildman–Crippen LogP) is -0.265. The van der Waals surface area contributed by atoms with Gasteiger partial charge in [0.25, 0.3) is 0 Å². The third kappa shape index (κ3) is 3.32. The van der Waals surface area contributed by atoms with Crippen LogP contribution in [-0.2, 0) is 10.0 Å². The Morgan fingerprint density at radius 1 is 1.41 bits per heavy atom. The lowest BCUT2D eigenvalue weighted by molar-refractivity contribution is 0.302. The molecule has 6 nitrogen and oxygen atoms in total. The lowest BCUT2D eigenvalue weighted by atomic mass is 10.2. The smallest absolute Gasteiger partial charge is 0.238 e. The molecule has 5 N–H and O–H groups in total. The minimum Gasteiger partial charge on any atom is -0.397 e. The van der Waals surface area contributed by atoms with E-state index in [1.165, 1.54) is 12.1 Å². The van der Waals surface area contributed by atoms with Crippen LogP contribution in [0.2, 0.25) is 0 Å². The van der Waals surface area contributed by atoms with E-state index in [4.69, 9.17) is 16.0 Å². The Balaban J connectivity index is 3.13. The van der Waals surface area contributed by atoms with Crippen molar-refractivity contribution in [2.24, 2.45) is 5.14 Å². The highest BCUT2D eigenvalue weighted by atomic mass is 32.2. The van der Waals surface area contributed by atoms with E-state index in [0.717, 1.165) is 0 Å². The van der Waals surface area contributed by atoms with Crippen LogP contribution in [0.3, 0.4) is 0 Å². The third-order valence-electron chi connectivity index (χ3n) is 2.42. The topological polar surface area (TPSA) is 110 Å². The summed E-state index contributed by atoms with van der Waals surface area (Å²) in [4.78, 5) is 1.83. The number of primary sulfonamides is 1. The number of nitrogens with two attached hydrogens (primary N) is 2. The van der Waals surface area contributed by atoms with Gasteiger partial charge in [0.1, 0.15) is 0 Å². The quantitative estimate of drug-likeness (QED) is 0.631. The van der Waals surface area contributed by atoms with Crippen LogP contribution in [0.5, 0.6) is 0 Å². The highest BCUT2D eigenvalue weighted by molar-refractivity contribution is 7.89. The molecule has 0 heterocycles. The predicted molar refractivity (Wildman–Crippen MR) is 67.2 cm³/mol. The molecule has 17 heavy (non-hydrogen) atoms. The molecular weight excluding hydrogens is 242 g/mol. The number of aliphatic hydroxyl groups is 1. The second-order valence-corrected chi connectivity index (χ2v) is 5.13. The molecule has 96 valence electrons. The number of likely N-dealkylation sites (N-methyl/N-ethyl adjacent to an activating group) is 1. The van der Waals surface area contributed by atoms with E-state index in [0.29, 0.717) is 24.5 Å². The molecule has 0 aliphatic rings. The second kappa shape index (κ2) is 5.35. The van der Waals surface area contributed by atoms with E-state index in [9.17, 15) is 8.42 Å². The van der Waals surface area contributed by atoms with Crippen molar-refractivity contribution >= 4 is 21.4 Å². The van der Waals surface area contributed by atoms with E-state index in [1.807, 2.05) is 11.8 Å². The Hall–Kier alpha value is -1.31. The van der Waals surface area contributed by atoms with Crippen LogP contribution >= 0.6 is 0 Å². The summed E-state index contributed by atoms with van der Waals surface area (Å²) in [5.41, 5.74) is 6.80. The summed E-state index contributed by atoms with van der Waals surface area (Å²) in [5, 5.41) is 13.9. The molecule has 7 heteroatoms. The number of hydrogen-bond donors (Lipinski definition) is 3. The summed E-state index contributed by atoms with van der Waals surface area (Å²) in [6.45, 7) is 3.03. The minimum absolute atomic E-state index is 0.00419. The summed E-state index contributed by atoms with van der Waals surface area (Å²) in [6, 6.07) is 4.32. The number of benzene rings is 1. The van der Waals surface area contributed by atoms with Crippen molar-refractivity contribution in [3.63, 3.8) is 0 Å². The Morgan fingerprint density at radius 3 is 2.47 bits per heavy atom. The average Bonchev–Trinajstić information content (AvgIpc) is 2.25. The van der Waals surface area contributed by atoms with Crippen molar-refractivity contribution in [2.75, 3.05) is 30.3 Å². The molecule has 0 aromatic heterocycles. The minimum atomic E-state index is -3.73. The first-order chi connectivity index (χ1) is 7.90. The van der Waals surface area contributed by atoms with E-state index < -0.39 is 10.0 Å². The summed E-state index contributed by atoms with van der Waals surface area (Å²) in [5.74, 6) is 0. The maximum atomic E-state index is 11.1. The van der Waals surface area contributed by atoms with Gasteiger partial charge < -0.3 is 15.7 Å². The fourth-order valence-corrected chi connectivity index (χ4v) is 2.12. The zero-order valence-electron chi connectivity index (χ0n) is 9.63. The van der Waals surface area contributed by atoms with Gasteiger partial charge in [-0.15, -0.1) is 0 Å². The van der Waals surface area contributed by atoms with Crippen molar-refractivity contribution in [1.82, 2.24) is 0 Å². The lowest BCUT2D eigenvalue weighted by Crippen LogP contribution is -2.27. The van der Waals surface area contributed by atoms with Gasteiger partial charge in [-0.05, 0) is 25.1 Å². The van der Waals surface area contributed by atoms with E-state index in [1.54, 1.807) is 6.07 Å². The molecule has 0 unspecified atom stereocenters. The Kier molecular flexibility index (Phi) is 4.33. The first kappa shape index (κ1) is 13.8. The number of hydrogen-bond acceptors (Lipinski definition) is 5. The molecular formula is C10H17N3O3S. The highest BCUT2D eigenvalue weighted by Crippen LogP contribution is 2.25. The molecule has 0 atom stereocenters. The molecule has 1 aromatic rings. The Labute approximate surface area is 101 Å². The van der Waals surface area contributed by atoms with Crippen LogP contribution in [-0.4, -0.2) is 33.2 Å². The summed E-state index contributed by atoms with van der Waals surface area (Å²) < 4.78 is 22.3. The van der Waals surface area contributed by atoms with Crippen molar-refractivity contribution < 1.29 is 13.5 Å². The summed E-state index contributed by atoms with van der Waals surface area (Å²) >= 11 is 0. The molecule has 0 radical (unpaired) electrons. The molecule has 0 amide bonds. The molecule has 0 aliphatic heterocycles. The largest absolute Gasteiger partial charge is 0.397 e. The normalized spacial score (nSPS) is 11.5. The fourth-order valence-electron chi connectivity index (χ4n) is 1.57. The third-order valence-corrected chi connectivity index (χ3v) is 3.33. The summed E-state index contributed by atoms with van der Waals surface area (Å²) in [7, 11) is -3.73. The maximum Gasteiger partial charge on any atom is 0.238 e. The molecule has 1 aromatic carbocycles. The van der Waals surface area contributed by atoms with E-state index in [2.05, 4.69) is 0 Å². The average molecular weight is 259 g/mol. The van der Waals surface area contributed by atoms with Gasteiger partial charge in [0.2, 0.25) is 10.0 Å². The van der Waals surface area contributed by atoms with Gasteiger partial charge in [-0.1, -0.05) is 0 Å². The lowest BCUT2D eigenvalue weighted by Gasteiger charge is -2.23. The molecule has 1 rings (SSSR count). The number of aliphatic hydroxyl groups excluding tert-OH is 1. The van der Waals surface area contributed by atoms with Crippen LogP contribution in [0.4, 0.5) is 11.4 Å². The molecule has 0 saturated heterocycles. The van der Waals surface area contributed by atoms with Crippen molar-refractivity contribution in [2.45, 2.75) is 11.8 Å². The first-order valence-corrected chi connectivity index (χ1v) is 6.73. The first-order valence-electron chi connectivity index (χ1n) is 5.18. The molecule has 0 aliphatic carbocycles. The number of sulfonamides is 1. The van der Waals surface area contributed by atoms with Crippen molar-refractivity contribution in [3.8, 4) is 0 Å². The van der Waals surface area contributed by atoms with Gasteiger partial charge in [-0.3, -0.25) is 0 Å². The van der Waals surface area contributed by atoms with Crippen LogP contribution in [0.1, 0.15) is 6.92 Å². The fraction of sp³-hybridized carbons (Fsp3) is 0.400. The van der Waals surface area contributed by atoms with Crippen LogP contribution < -0.4 is 15.8 Å². The number of nitrogen functional groups attached to an aromatic ring is 1. The zero-order valence-corrected chi connectivity index (χ0v) is 10.4. The van der Waals surface area contributed by atoms with E-state index >= 15 is 0 Å². The van der Waals surface area contributed by atoms with Crippen LogP contribution in [0, 0.1) is 0 Å². The number of nitrogens with zero attached hydrogens (tertiary/aromatic N) is 1. The van der Waals surface area contributed by atoms with E-state index in [-0.39, 0.29) is 11.5 Å². The summed E-state index contributed by atoms with van der Waals surface area (Å²) in [6.07, 6.45) is 0. The zero-order chi connectivity index (χ0) is 13.1. The van der Waals surface area contributed by atoms with Crippen LogP contribution in [0.15, 0.2) is 23.1 Å². The molecule has 0 bridgehead atoms. The monoisotopic (exact) mass is 259 g/mol. The van der Waals surface area contributed by atoms with Crippen molar-refractivity contribution in [1.29, 1.82) is 0 Å². The SMILES string of the molecule is CCN(CCO)c1ccc(S(N)(=O)=O)cc1N. The van der Waals surface area contributed by atoms with Gasteiger partial charge in [0.05, 0.1) is 22.9 Å². The van der Waals surface area contributed by atoms with Gasteiger partial charge in [0.15, 0.2) is 0 Å². The molecule has 0 fully saturated rings. The van der Waals surface area contributed by atoms with Gasteiger partial charge >= 0.3 is 0 Å². The number of anilines is 2. The maximum absolute atomic E-state index is 11.1. The molecule has 0 saturated carbocycles. The van der Waals surface area contributed by atoms with Gasteiger partial charge in [-0.25, -0.2) is 13.6 Å². The molecule has 0 spiro atoms. The Morgan fingerprint density at radius 2 is 2.06 bits per heavy atom. The van der Waals surface area contributed by atoms with Crippen molar-refractivity contribution in [3.05, 3.63) is 18.2 Å². The standard InChI is InChI=1S/C10H17N3O3S/c1-2-13(5-6-14)10-4-3-8(7-9(10)11)17(12,15)16/h3-4,7,14H,2,5-6,11H2,1H3,(H2,12,15,16). The van der Waals surface area contributed by atoms with Gasteiger partial charge in [0, 0.05) is 13.1 Å². The van der Waals surface area contributed by atoms with Gasteiger partial charge in [-0.2, -0.15) is 0 Å².